The number of hydrogen-bond acceptors (Lipinski definition) is 4. The second kappa shape index (κ2) is 11.4. The van der Waals surface area contributed by atoms with Gasteiger partial charge < -0.3 is 14.9 Å². The van der Waals surface area contributed by atoms with Crippen molar-refractivity contribution in [2.24, 2.45) is 0 Å². The highest BCUT2D eigenvalue weighted by Gasteiger charge is 2.27. The predicted octanol–water partition coefficient (Wildman–Crippen LogP) is 5.82. The Morgan fingerprint density at radius 1 is 0.943 bits per heavy atom. The van der Waals surface area contributed by atoms with Gasteiger partial charge in [0.05, 0.1) is 0 Å². The van der Waals surface area contributed by atoms with Gasteiger partial charge >= 0.3 is 0 Å². The highest BCUT2D eigenvalue weighted by Crippen LogP contribution is 2.34. The van der Waals surface area contributed by atoms with E-state index in [0.29, 0.717) is 25.2 Å². The number of phenols is 1. The molecular formula is C29H34FN3O2. The number of likely N-dealkylation sites (tertiary alicyclic amines) is 1. The van der Waals surface area contributed by atoms with Crippen LogP contribution in [-0.4, -0.2) is 53.0 Å². The van der Waals surface area contributed by atoms with Gasteiger partial charge in [0.15, 0.2) is 0 Å². The number of rotatable bonds is 8. The standard InChI is InChI=1S/C29H34FN3O2/c1-3-32(4-2)29(35)22-12-14-24(15-13-22)33(26-9-7-10-27(34)20-26)25-16-18-31(19-17-25)21-23-8-5-6-11-28(23)30/h5-15,20,25,34H,3-4,16-19,21H2,1-2H3. The minimum absolute atomic E-state index is 0.0342. The van der Waals surface area contributed by atoms with Gasteiger partial charge in [0.1, 0.15) is 11.6 Å². The van der Waals surface area contributed by atoms with Crippen molar-refractivity contribution in [3.05, 3.63) is 89.7 Å². The van der Waals surface area contributed by atoms with Gasteiger partial charge in [-0.05, 0) is 69.2 Å². The summed E-state index contributed by atoms with van der Waals surface area (Å²) in [6, 6.07) is 22.2. The zero-order valence-corrected chi connectivity index (χ0v) is 20.5. The molecule has 0 unspecified atom stereocenters. The van der Waals surface area contributed by atoms with E-state index in [9.17, 15) is 14.3 Å². The first kappa shape index (κ1) is 24.7. The van der Waals surface area contributed by atoms with Gasteiger partial charge in [-0.1, -0.05) is 24.3 Å². The number of amides is 1. The van der Waals surface area contributed by atoms with Crippen molar-refractivity contribution in [3.63, 3.8) is 0 Å². The van der Waals surface area contributed by atoms with Crippen LogP contribution in [0.1, 0.15) is 42.6 Å². The molecule has 1 fully saturated rings. The summed E-state index contributed by atoms with van der Waals surface area (Å²) in [4.78, 5) is 19.1. The maximum absolute atomic E-state index is 14.1. The van der Waals surface area contributed by atoms with Gasteiger partial charge in [0.2, 0.25) is 0 Å². The fourth-order valence-electron chi connectivity index (χ4n) is 4.87. The molecule has 3 aromatic carbocycles. The smallest absolute Gasteiger partial charge is 0.253 e. The number of anilines is 2. The third-order valence-corrected chi connectivity index (χ3v) is 6.83. The van der Waals surface area contributed by atoms with Crippen LogP contribution in [0, 0.1) is 5.82 Å². The fraction of sp³-hybridized carbons (Fsp3) is 0.345. The van der Waals surface area contributed by atoms with Gasteiger partial charge in [0, 0.05) is 67.3 Å². The summed E-state index contributed by atoms with van der Waals surface area (Å²) < 4.78 is 14.1. The largest absolute Gasteiger partial charge is 0.508 e. The molecule has 184 valence electrons. The molecule has 6 heteroatoms. The molecule has 0 atom stereocenters. The van der Waals surface area contributed by atoms with Gasteiger partial charge in [-0.2, -0.15) is 0 Å². The van der Waals surface area contributed by atoms with E-state index in [2.05, 4.69) is 9.80 Å². The minimum atomic E-state index is -0.157. The number of carbonyl (C=O) groups excluding carboxylic acids is 1. The lowest BCUT2D eigenvalue weighted by Crippen LogP contribution is -2.43. The van der Waals surface area contributed by atoms with E-state index in [-0.39, 0.29) is 23.5 Å². The Bertz CT molecular complexity index is 1120. The molecule has 0 bridgehead atoms. The Balaban J connectivity index is 1.53. The topological polar surface area (TPSA) is 47.0 Å². The molecule has 0 aromatic heterocycles. The van der Waals surface area contributed by atoms with Crippen LogP contribution in [0.5, 0.6) is 5.75 Å². The number of piperidine rings is 1. The van der Waals surface area contributed by atoms with E-state index >= 15 is 0 Å². The number of benzene rings is 3. The molecule has 1 saturated heterocycles. The van der Waals surface area contributed by atoms with Crippen molar-refractivity contribution in [1.82, 2.24) is 9.80 Å². The van der Waals surface area contributed by atoms with E-state index in [1.54, 1.807) is 18.2 Å². The summed E-state index contributed by atoms with van der Waals surface area (Å²) >= 11 is 0. The van der Waals surface area contributed by atoms with Gasteiger partial charge in [0.25, 0.3) is 5.91 Å². The molecule has 1 aliphatic rings. The zero-order valence-electron chi connectivity index (χ0n) is 20.5. The molecular weight excluding hydrogens is 441 g/mol. The Labute approximate surface area is 207 Å². The maximum atomic E-state index is 14.1. The average molecular weight is 476 g/mol. The Morgan fingerprint density at radius 2 is 1.63 bits per heavy atom. The first-order valence-corrected chi connectivity index (χ1v) is 12.4. The molecule has 1 aliphatic heterocycles. The van der Waals surface area contributed by atoms with Crippen LogP contribution >= 0.6 is 0 Å². The maximum Gasteiger partial charge on any atom is 0.253 e. The number of phenolic OH excluding ortho intramolecular Hbond substituents is 1. The predicted molar refractivity (Wildman–Crippen MR) is 139 cm³/mol. The average Bonchev–Trinajstić information content (AvgIpc) is 2.88. The van der Waals surface area contributed by atoms with Gasteiger partial charge in [-0.3, -0.25) is 9.69 Å². The third kappa shape index (κ3) is 5.82. The molecule has 35 heavy (non-hydrogen) atoms. The van der Waals surface area contributed by atoms with Crippen LogP contribution in [0.3, 0.4) is 0 Å². The van der Waals surface area contributed by atoms with Crippen molar-refractivity contribution in [1.29, 1.82) is 0 Å². The van der Waals surface area contributed by atoms with E-state index < -0.39 is 0 Å². The van der Waals surface area contributed by atoms with Crippen LogP contribution in [-0.2, 0) is 6.54 Å². The van der Waals surface area contributed by atoms with Crippen LogP contribution < -0.4 is 4.90 Å². The second-order valence-corrected chi connectivity index (χ2v) is 9.01. The Morgan fingerprint density at radius 3 is 2.26 bits per heavy atom. The first-order chi connectivity index (χ1) is 17.0. The monoisotopic (exact) mass is 475 g/mol. The quantitative estimate of drug-likeness (QED) is 0.446. The molecule has 1 N–H and O–H groups in total. The van der Waals surface area contributed by atoms with E-state index in [4.69, 9.17) is 0 Å². The number of carbonyl (C=O) groups is 1. The Hall–Kier alpha value is -3.38. The zero-order chi connectivity index (χ0) is 24.8. The molecule has 5 nitrogen and oxygen atoms in total. The molecule has 3 aromatic rings. The third-order valence-electron chi connectivity index (χ3n) is 6.83. The van der Waals surface area contributed by atoms with Gasteiger partial charge in [-0.15, -0.1) is 0 Å². The van der Waals surface area contributed by atoms with Crippen LogP contribution in [0.25, 0.3) is 0 Å². The van der Waals surface area contributed by atoms with Crippen molar-refractivity contribution in [3.8, 4) is 5.75 Å². The van der Waals surface area contributed by atoms with Crippen molar-refractivity contribution in [2.75, 3.05) is 31.1 Å². The molecule has 4 rings (SSSR count). The molecule has 0 aliphatic carbocycles. The summed E-state index contributed by atoms with van der Waals surface area (Å²) in [5.74, 6) is 0.0973. The van der Waals surface area contributed by atoms with Crippen LogP contribution in [0.15, 0.2) is 72.8 Å². The SMILES string of the molecule is CCN(CC)C(=O)c1ccc(N(c2cccc(O)c2)C2CCN(Cc3ccccc3F)CC2)cc1. The van der Waals surface area contributed by atoms with E-state index in [1.807, 2.05) is 67.3 Å². The summed E-state index contributed by atoms with van der Waals surface area (Å²) in [7, 11) is 0. The summed E-state index contributed by atoms with van der Waals surface area (Å²) in [5.41, 5.74) is 3.30. The lowest BCUT2D eigenvalue weighted by atomic mass is 10.00. The fourth-order valence-corrected chi connectivity index (χ4v) is 4.87. The summed E-state index contributed by atoms with van der Waals surface area (Å²) in [6.07, 6.45) is 1.81. The number of nitrogens with zero attached hydrogens (tertiary/aromatic N) is 3. The summed E-state index contributed by atoms with van der Waals surface area (Å²) in [6.45, 7) is 7.64. The van der Waals surface area contributed by atoms with Crippen LogP contribution in [0.4, 0.5) is 15.8 Å². The number of hydrogen-bond donors (Lipinski definition) is 1. The molecule has 1 heterocycles. The van der Waals surface area contributed by atoms with E-state index in [0.717, 1.165) is 42.9 Å². The second-order valence-electron chi connectivity index (χ2n) is 9.01. The van der Waals surface area contributed by atoms with Crippen molar-refractivity contribution >= 4 is 17.3 Å². The molecule has 0 saturated carbocycles. The Kier molecular flexibility index (Phi) is 8.03. The number of aromatic hydroxyl groups is 1. The van der Waals surface area contributed by atoms with E-state index in [1.165, 1.54) is 6.07 Å². The minimum Gasteiger partial charge on any atom is -0.508 e. The van der Waals surface area contributed by atoms with Crippen molar-refractivity contribution in [2.45, 2.75) is 39.3 Å². The highest BCUT2D eigenvalue weighted by molar-refractivity contribution is 5.94. The molecule has 1 amide bonds. The molecule has 0 radical (unpaired) electrons. The summed E-state index contributed by atoms with van der Waals surface area (Å²) in [5, 5.41) is 10.2. The van der Waals surface area contributed by atoms with Gasteiger partial charge in [-0.25, -0.2) is 4.39 Å². The van der Waals surface area contributed by atoms with Crippen molar-refractivity contribution < 1.29 is 14.3 Å². The normalized spacial score (nSPS) is 14.6. The first-order valence-electron chi connectivity index (χ1n) is 12.4. The lowest BCUT2D eigenvalue weighted by molar-refractivity contribution is 0.0773. The lowest BCUT2D eigenvalue weighted by Gasteiger charge is -2.40. The van der Waals surface area contributed by atoms with Crippen LogP contribution in [0.2, 0.25) is 0 Å². The number of halogens is 1. The molecule has 0 spiro atoms. The highest BCUT2D eigenvalue weighted by atomic mass is 19.1.